The zero-order valence-corrected chi connectivity index (χ0v) is 17.0. The maximum atomic E-state index is 12.5. The molecule has 0 radical (unpaired) electrons. The number of ether oxygens (including phenoxy) is 1. The topological polar surface area (TPSA) is 55.0 Å². The molecule has 1 aliphatic carbocycles. The number of allylic oxidation sites excluding steroid dienone is 1. The largest absolute Gasteiger partial charge is 0.475 e. The lowest BCUT2D eigenvalue weighted by atomic mass is 9.85. The molecular weight excluding hydrogens is 360 g/mol. The smallest absolute Gasteiger partial charge is 0.188 e. The number of carbonyl (C=O) groups is 1. The van der Waals surface area contributed by atoms with Gasteiger partial charge < -0.3 is 9.72 Å². The number of benzene rings is 2. The molecule has 148 valence electrons. The number of imidazole rings is 1. The summed E-state index contributed by atoms with van der Waals surface area (Å²) in [5.41, 5.74) is 4.26. The van der Waals surface area contributed by atoms with E-state index in [1.54, 1.807) is 12.4 Å². The van der Waals surface area contributed by atoms with Crippen LogP contribution in [0.4, 0.5) is 0 Å². The number of Topliss-reactive ketones (excluding diaryl/α,β-unsaturated/α-hetero) is 1. The molecule has 0 amide bonds. The third-order valence-corrected chi connectivity index (χ3v) is 5.59. The first-order valence-corrected chi connectivity index (χ1v) is 10.1. The Bertz CT molecular complexity index is 1040. The van der Waals surface area contributed by atoms with Gasteiger partial charge in [0.2, 0.25) is 0 Å². The predicted molar refractivity (Wildman–Crippen MR) is 114 cm³/mol. The molecule has 0 fully saturated rings. The summed E-state index contributed by atoms with van der Waals surface area (Å²) in [5.74, 6) is 1.74. The summed E-state index contributed by atoms with van der Waals surface area (Å²) in [6, 6.07) is 13.9. The first-order valence-electron chi connectivity index (χ1n) is 10.1. The van der Waals surface area contributed by atoms with Crippen molar-refractivity contribution in [3.8, 4) is 5.75 Å². The van der Waals surface area contributed by atoms with E-state index in [4.69, 9.17) is 4.74 Å². The van der Waals surface area contributed by atoms with Crippen molar-refractivity contribution < 1.29 is 9.53 Å². The second-order valence-electron chi connectivity index (χ2n) is 7.92. The van der Waals surface area contributed by atoms with E-state index in [9.17, 15) is 4.79 Å². The molecule has 4 heteroatoms. The van der Waals surface area contributed by atoms with Gasteiger partial charge in [-0.05, 0) is 50.8 Å². The summed E-state index contributed by atoms with van der Waals surface area (Å²) >= 11 is 0. The van der Waals surface area contributed by atoms with Gasteiger partial charge in [0, 0.05) is 35.5 Å². The van der Waals surface area contributed by atoms with Gasteiger partial charge >= 0.3 is 0 Å². The molecular formula is C25H26N2O2. The van der Waals surface area contributed by atoms with Crippen molar-refractivity contribution in [2.45, 2.75) is 45.1 Å². The van der Waals surface area contributed by atoms with Crippen LogP contribution in [0.3, 0.4) is 0 Å². The number of rotatable bonds is 6. The summed E-state index contributed by atoms with van der Waals surface area (Å²) < 4.78 is 6.72. The van der Waals surface area contributed by atoms with Gasteiger partial charge in [-0.2, -0.15) is 0 Å². The van der Waals surface area contributed by atoms with Crippen LogP contribution in [0, 0.1) is 0 Å². The Hall–Kier alpha value is -3.14. The Morgan fingerprint density at radius 3 is 2.69 bits per heavy atom. The lowest BCUT2D eigenvalue weighted by molar-refractivity contribution is 0.0971. The van der Waals surface area contributed by atoms with Gasteiger partial charge in [0.15, 0.2) is 17.2 Å². The maximum Gasteiger partial charge on any atom is 0.188 e. The van der Waals surface area contributed by atoms with E-state index in [1.165, 1.54) is 0 Å². The molecule has 0 aliphatic heterocycles. The third kappa shape index (κ3) is 3.63. The summed E-state index contributed by atoms with van der Waals surface area (Å²) in [5, 5.41) is 0. The van der Waals surface area contributed by atoms with Crippen molar-refractivity contribution in [2.75, 3.05) is 0 Å². The molecule has 4 nitrogen and oxygen atoms in total. The van der Waals surface area contributed by atoms with Gasteiger partial charge in [0.05, 0.1) is 0 Å². The van der Waals surface area contributed by atoms with Gasteiger partial charge in [0.1, 0.15) is 5.75 Å². The second-order valence-corrected chi connectivity index (χ2v) is 7.92. The van der Waals surface area contributed by atoms with Crippen LogP contribution in [-0.4, -0.2) is 15.8 Å². The highest BCUT2D eigenvalue weighted by Gasteiger charge is 2.35. The van der Waals surface area contributed by atoms with Crippen LogP contribution in [-0.2, 0) is 18.4 Å². The lowest BCUT2D eigenvalue weighted by Gasteiger charge is -2.32. The predicted octanol–water partition coefficient (Wildman–Crippen LogP) is 5.39. The van der Waals surface area contributed by atoms with E-state index in [2.05, 4.69) is 16.5 Å². The van der Waals surface area contributed by atoms with E-state index in [0.29, 0.717) is 12.8 Å². The SMILES string of the molecule is C=C(C)Cc1c(O[C@@](C)(c2ccccc2)c2ncc[nH]2)ccc2c1CCCC2=O. The zero-order valence-electron chi connectivity index (χ0n) is 17.0. The van der Waals surface area contributed by atoms with E-state index in [-0.39, 0.29) is 5.78 Å². The number of aromatic amines is 1. The van der Waals surface area contributed by atoms with Crippen LogP contribution in [0.25, 0.3) is 0 Å². The summed E-state index contributed by atoms with van der Waals surface area (Å²) in [7, 11) is 0. The highest BCUT2D eigenvalue weighted by molar-refractivity contribution is 5.99. The molecule has 3 aromatic rings. The van der Waals surface area contributed by atoms with Crippen molar-refractivity contribution in [2.24, 2.45) is 0 Å². The fourth-order valence-electron chi connectivity index (χ4n) is 4.12. The minimum atomic E-state index is -0.790. The first kappa shape index (κ1) is 19.2. The summed E-state index contributed by atoms with van der Waals surface area (Å²) in [6.07, 6.45) is 6.62. The number of fused-ring (bicyclic) bond motifs is 1. The molecule has 0 bridgehead atoms. The number of nitrogens with zero attached hydrogens (tertiary/aromatic N) is 1. The summed E-state index contributed by atoms with van der Waals surface area (Å²) in [6.45, 7) is 8.14. The summed E-state index contributed by atoms with van der Waals surface area (Å²) in [4.78, 5) is 20.2. The van der Waals surface area contributed by atoms with Gasteiger partial charge in [-0.25, -0.2) is 4.98 Å². The number of nitrogens with one attached hydrogen (secondary N) is 1. The van der Waals surface area contributed by atoms with Gasteiger partial charge in [0.25, 0.3) is 0 Å². The van der Waals surface area contributed by atoms with Crippen LogP contribution >= 0.6 is 0 Å². The highest BCUT2D eigenvalue weighted by atomic mass is 16.5. The molecule has 0 saturated carbocycles. The Kier molecular flexibility index (Phi) is 5.10. The van der Waals surface area contributed by atoms with Crippen molar-refractivity contribution in [1.29, 1.82) is 0 Å². The standard InChI is InChI=1S/C25H26N2O2/c1-17(2)16-21-19-10-7-11-22(28)20(19)12-13-23(21)29-25(3,24-26-14-15-27-24)18-8-5-4-6-9-18/h4-6,8-9,12-15H,1,7,10-11,16H2,2-3H3,(H,26,27)/t25-/m0/s1. The van der Waals surface area contributed by atoms with Gasteiger partial charge in [-0.1, -0.05) is 42.5 Å². The zero-order chi connectivity index (χ0) is 20.4. The van der Waals surface area contributed by atoms with Crippen LogP contribution in [0.1, 0.15) is 59.6 Å². The Labute approximate surface area is 171 Å². The molecule has 2 aromatic carbocycles. The average molecular weight is 386 g/mol. The van der Waals surface area contributed by atoms with Crippen LogP contribution in [0.5, 0.6) is 5.75 Å². The van der Waals surface area contributed by atoms with E-state index < -0.39 is 5.60 Å². The monoisotopic (exact) mass is 386 g/mol. The lowest BCUT2D eigenvalue weighted by Crippen LogP contribution is -2.33. The molecule has 1 N–H and O–H groups in total. The van der Waals surface area contributed by atoms with Crippen LogP contribution in [0.15, 0.2) is 67.0 Å². The van der Waals surface area contributed by atoms with Crippen molar-refractivity contribution >= 4 is 5.78 Å². The first-order chi connectivity index (χ1) is 14.0. The van der Waals surface area contributed by atoms with Crippen molar-refractivity contribution in [3.05, 3.63) is 95.1 Å². The normalized spacial score (nSPS) is 15.4. The van der Waals surface area contributed by atoms with Crippen LogP contribution < -0.4 is 4.74 Å². The number of hydrogen-bond acceptors (Lipinski definition) is 3. The van der Waals surface area contributed by atoms with E-state index in [1.807, 2.05) is 56.3 Å². The quantitative estimate of drug-likeness (QED) is 0.578. The molecule has 0 unspecified atom stereocenters. The van der Waals surface area contributed by atoms with Gasteiger partial charge in [-0.15, -0.1) is 0 Å². The minimum Gasteiger partial charge on any atom is -0.475 e. The molecule has 4 rings (SSSR count). The number of ketones is 1. The molecule has 0 saturated heterocycles. The Morgan fingerprint density at radius 2 is 2.00 bits per heavy atom. The number of hydrogen-bond donors (Lipinski definition) is 1. The van der Waals surface area contributed by atoms with Crippen molar-refractivity contribution in [1.82, 2.24) is 9.97 Å². The van der Waals surface area contributed by atoms with Gasteiger partial charge in [-0.3, -0.25) is 4.79 Å². The molecule has 0 spiro atoms. The molecule has 29 heavy (non-hydrogen) atoms. The Balaban J connectivity index is 1.85. The molecule has 1 atom stereocenters. The molecule has 1 aromatic heterocycles. The van der Waals surface area contributed by atoms with Crippen LogP contribution in [0.2, 0.25) is 0 Å². The number of aromatic nitrogens is 2. The number of H-pyrrole nitrogens is 1. The average Bonchev–Trinajstić information content (AvgIpc) is 3.26. The fraction of sp³-hybridized carbons (Fsp3) is 0.280. The maximum absolute atomic E-state index is 12.5. The second kappa shape index (κ2) is 7.70. The van der Waals surface area contributed by atoms with E-state index in [0.717, 1.165) is 52.2 Å². The fourth-order valence-corrected chi connectivity index (χ4v) is 4.12. The molecule has 1 heterocycles. The molecule has 1 aliphatic rings. The minimum absolute atomic E-state index is 0.220. The van der Waals surface area contributed by atoms with E-state index >= 15 is 0 Å². The number of carbonyl (C=O) groups excluding carboxylic acids is 1. The highest BCUT2D eigenvalue weighted by Crippen LogP contribution is 2.38. The third-order valence-electron chi connectivity index (χ3n) is 5.59. The Morgan fingerprint density at radius 1 is 1.21 bits per heavy atom. The van der Waals surface area contributed by atoms with Crippen molar-refractivity contribution in [3.63, 3.8) is 0 Å².